The lowest BCUT2D eigenvalue weighted by Gasteiger charge is -2.12. The third-order valence-electron chi connectivity index (χ3n) is 4.93. The molecule has 0 atom stereocenters. The molecule has 0 saturated heterocycles. The molecule has 2 aromatic heterocycles. The summed E-state index contributed by atoms with van der Waals surface area (Å²) in [6, 6.07) is 5.35. The molecule has 0 bridgehead atoms. The minimum Gasteiger partial charge on any atom is -0.388 e. The van der Waals surface area contributed by atoms with E-state index >= 15 is 0 Å². The topological polar surface area (TPSA) is 111 Å². The largest absolute Gasteiger partial charge is 0.388 e. The van der Waals surface area contributed by atoms with Crippen LogP contribution in [0.2, 0.25) is 0 Å². The number of nitrogens with zero attached hydrogens (tertiary/aromatic N) is 4. The lowest BCUT2D eigenvalue weighted by atomic mass is 10.3. The van der Waals surface area contributed by atoms with E-state index < -0.39 is 29.5 Å². The molecule has 1 aromatic carbocycles. The van der Waals surface area contributed by atoms with E-state index in [0.717, 1.165) is 17.1 Å². The molecule has 0 unspecified atom stereocenters. The summed E-state index contributed by atoms with van der Waals surface area (Å²) in [6.07, 6.45) is 2.18. The van der Waals surface area contributed by atoms with Crippen LogP contribution in [0.4, 0.5) is 10.1 Å². The molecule has 0 aliphatic rings. The SMILES string of the molecule is CCCCn1c(=O)n(CC(=O)Nc2cccc(F)c2)c(=O)c2c1nc(CO)n2CCC. The predicted molar refractivity (Wildman–Crippen MR) is 114 cm³/mol. The van der Waals surface area contributed by atoms with Gasteiger partial charge in [-0.3, -0.25) is 14.2 Å². The molecule has 2 heterocycles. The molecular formula is C21H26FN5O4. The Morgan fingerprint density at radius 3 is 2.55 bits per heavy atom. The molecule has 2 N–H and O–H groups in total. The van der Waals surface area contributed by atoms with Gasteiger partial charge in [0.2, 0.25) is 5.91 Å². The highest BCUT2D eigenvalue weighted by Crippen LogP contribution is 2.14. The highest BCUT2D eigenvalue weighted by atomic mass is 19.1. The first-order chi connectivity index (χ1) is 14.9. The fourth-order valence-electron chi connectivity index (χ4n) is 3.49. The molecule has 0 saturated carbocycles. The number of halogens is 1. The second-order valence-corrected chi connectivity index (χ2v) is 7.25. The minimum absolute atomic E-state index is 0.181. The Kier molecular flexibility index (Phi) is 7.01. The Labute approximate surface area is 177 Å². The number of rotatable bonds is 9. The van der Waals surface area contributed by atoms with Crippen molar-refractivity contribution in [1.82, 2.24) is 18.7 Å². The molecule has 0 aliphatic carbocycles. The third kappa shape index (κ3) is 4.58. The van der Waals surface area contributed by atoms with Gasteiger partial charge in [-0.2, -0.15) is 0 Å². The number of hydrogen-bond acceptors (Lipinski definition) is 5. The standard InChI is InChI=1S/C21H26FN5O4/c1-3-5-10-26-19-18(25(9-4-2)16(13-28)24-19)20(30)27(21(26)31)12-17(29)23-15-8-6-7-14(22)11-15/h6-8,11,28H,3-5,9-10,12-13H2,1-2H3,(H,23,29). The van der Waals surface area contributed by atoms with Gasteiger partial charge < -0.3 is 15.0 Å². The van der Waals surface area contributed by atoms with Gasteiger partial charge in [0.05, 0.1) is 0 Å². The Hall–Kier alpha value is -3.27. The summed E-state index contributed by atoms with van der Waals surface area (Å²) < 4.78 is 17.2. The van der Waals surface area contributed by atoms with E-state index in [1.54, 1.807) is 4.57 Å². The van der Waals surface area contributed by atoms with Crippen molar-refractivity contribution in [3.63, 3.8) is 0 Å². The van der Waals surface area contributed by atoms with Gasteiger partial charge in [0.15, 0.2) is 11.2 Å². The maximum atomic E-state index is 13.4. The van der Waals surface area contributed by atoms with Crippen LogP contribution in [0.15, 0.2) is 33.9 Å². The van der Waals surface area contributed by atoms with Crippen molar-refractivity contribution in [3.8, 4) is 0 Å². The summed E-state index contributed by atoms with van der Waals surface area (Å²) in [5.74, 6) is -0.853. The molecule has 0 spiro atoms. The van der Waals surface area contributed by atoms with Gasteiger partial charge in [-0.15, -0.1) is 0 Å². The van der Waals surface area contributed by atoms with Crippen molar-refractivity contribution in [1.29, 1.82) is 0 Å². The van der Waals surface area contributed by atoms with E-state index in [4.69, 9.17) is 0 Å². The van der Waals surface area contributed by atoms with Crippen LogP contribution < -0.4 is 16.6 Å². The summed E-state index contributed by atoms with van der Waals surface area (Å²) in [6.45, 7) is 3.75. The first-order valence-electron chi connectivity index (χ1n) is 10.3. The van der Waals surface area contributed by atoms with Crippen LogP contribution >= 0.6 is 0 Å². The van der Waals surface area contributed by atoms with Gasteiger partial charge in [0.1, 0.15) is 24.8 Å². The molecule has 1 amide bonds. The van der Waals surface area contributed by atoms with Crippen molar-refractivity contribution in [2.24, 2.45) is 0 Å². The zero-order valence-corrected chi connectivity index (χ0v) is 17.6. The van der Waals surface area contributed by atoms with E-state index in [0.29, 0.717) is 31.8 Å². The Morgan fingerprint density at radius 2 is 1.90 bits per heavy atom. The van der Waals surface area contributed by atoms with Crippen LogP contribution in [-0.4, -0.2) is 29.7 Å². The molecular weight excluding hydrogens is 405 g/mol. The summed E-state index contributed by atoms with van der Waals surface area (Å²) in [5.41, 5.74) is -0.680. The quantitative estimate of drug-likeness (QED) is 0.537. The average Bonchev–Trinajstić information content (AvgIpc) is 3.10. The van der Waals surface area contributed by atoms with Crippen LogP contribution in [0.1, 0.15) is 38.9 Å². The summed E-state index contributed by atoms with van der Waals surface area (Å²) >= 11 is 0. The normalized spacial score (nSPS) is 11.2. The van der Waals surface area contributed by atoms with Crippen molar-refractivity contribution in [3.05, 3.63) is 56.7 Å². The molecule has 9 nitrogen and oxygen atoms in total. The summed E-state index contributed by atoms with van der Waals surface area (Å²) in [5, 5.41) is 12.2. The summed E-state index contributed by atoms with van der Waals surface area (Å²) in [7, 11) is 0. The number of aliphatic hydroxyl groups is 1. The second-order valence-electron chi connectivity index (χ2n) is 7.25. The Balaban J connectivity index is 2.11. The van der Waals surface area contributed by atoms with E-state index in [2.05, 4.69) is 10.3 Å². The van der Waals surface area contributed by atoms with Crippen LogP contribution in [0.5, 0.6) is 0 Å². The number of carbonyl (C=O) groups excluding carboxylic acids is 1. The third-order valence-corrected chi connectivity index (χ3v) is 4.93. The van der Waals surface area contributed by atoms with Crippen molar-refractivity contribution in [2.75, 3.05) is 5.32 Å². The van der Waals surface area contributed by atoms with Gasteiger partial charge in [-0.05, 0) is 31.0 Å². The zero-order chi connectivity index (χ0) is 22.5. The van der Waals surface area contributed by atoms with Gasteiger partial charge in [-0.1, -0.05) is 26.3 Å². The minimum atomic E-state index is -0.650. The fraction of sp³-hybridized carbons (Fsp3) is 0.429. The van der Waals surface area contributed by atoms with E-state index in [1.165, 1.54) is 22.8 Å². The van der Waals surface area contributed by atoms with Crippen molar-refractivity contribution in [2.45, 2.75) is 59.4 Å². The van der Waals surface area contributed by atoms with Gasteiger partial charge in [-0.25, -0.2) is 18.7 Å². The molecule has 10 heteroatoms. The Morgan fingerprint density at radius 1 is 1.13 bits per heavy atom. The monoisotopic (exact) mass is 431 g/mol. The number of anilines is 1. The number of carbonyl (C=O) groups is 1. The molecule has 166 valence electrons. The van der Waals surface area contributed by atoms with E-state index in [-0.39, 0.29) is 23.5 Å². The first-order valence-corrected chi connectivity index (χ1v) is 10.3. The number of fused-ring (bicyclic) bond motifs is 1. The van der Waals surface area contributed by atoms with Gasteiger partial charge >= 0.3 is 5.69 Å². The highest BCUT2D eigenvalue weighted by molar-refractivity contribution is 5.90. The van der Waals surface area contributed by atoms with E-state index in [1.807, 2.05) is 13.8 Å². The van der Waals surface area contributed by atoms with Gasteiger partial charge in [0, 0.05) is 18.8 Å². The number of aromatic nitrogens is 4. The Bertz CT molecular complexity index is 1210. The molecule has 0 aliphatic heterocycles. The number of unbranched alkanes of at least 4 members (excludes halogenated alkanes) is 1. The molecule has 31 heavy (non-hydrogen) atoms. The molecule has 3 aromatic rings. The number of nitrogens with one attached hydrogen (secondary N) is 1. The molecule has 0 radical (unpaired) electrons. The number of benzene rings is 1. The summed E-state index contributed by atoms with van der Waals surface area (Å²) in [4.78, 5) is 43.2. The van der Waals surface area contributed by atoms with Crippen LogP contribution in [0, 0.1) is 5.82 Å². The van der Waals surface area contributed by atoms with Gasteiger partial charge in [0.25, 0.3) is 5.56 Å². The van der Waals surface area contributed by atoms with Crippen molar-refractivity contribution >= 4 is 22.8 Å². The number of amides is 1. The maximum Gasteiger partial charge on any atom is 0.333 e. The smallest absolute Gasteiger partial charge is 0.333 e. The number of aryl methyl sites for hydroxylation is 2. The predicted octanol–water partition coefficient (Wildman–Crippen LogP) is 1.84. The lowest BCUT2D eigenvalue weighted by molar-refractivity contribution is -0.116. The highest BCUT2D eigenvalue weighted by Gasteiger charge is 2.22. The van der Waals surface area contributed by atoms with Crippen LogP contribution in [0.25, 0.3) is 11.2 Å². The number of aliphatic hydroxyl groups excluding tert-OH is 1. The molecule has 0 fully saturated rings. The van der Waals surface area contributed by atoms with E-state index in [9.17, 15) is 23.9 Å². The fourth-order valence-corrected chi connectivity index (χ4v) is 3.49. The molecule has 3 rings (SSSR count). The number of imidazole rings is 1. The maximum absolute atomic E-state index is 13.4. The first kappa shape index (κ1) is 22.4. The average molecular weight is 431 g/mol. The number of hydrogen-bond donors (Lipinski definition) is 2. The van der Waals surface area contributed by atoms with Crippen LogP contribution in [-0.2, 0) is 31.0 Å². The second kappa shape index (κ2) is 9.69. The zero-order valence-electron chi connectivity index (χ0n) is 17.6. The van der Waals surface area contributed by atoms with Crippen LogP contribution in [0.3, 0.4) is 0 Å². The lowest BCUT2D eigenvalue weighted by Crippen LogP contribution is -2.43. The van der Waals surface area contributed by atoms with Crippen molar-refractivity contribution < 1.29 is 14.3 Å².